The summed E-state index contributed by atoms with van der Waals surface area (Å²) in [6.45, 7) is 6.45. The standard InChI is InChI=1S/C38H50Cl2FN5O9S/c1-5-29(41)23-16-17-45(20-23)36(51)54-25-18-31-32(47)43-38(34(49)44-56(52,53)22-26-27(39)13-11-14-28(26)40)19-24(38)12-9-7-6-8-10-15-30(33(48)46(31)21-25)42-35(50)55-37(2,3)4/h5,11,13-14,16,24-25,30-31H,6-10,12,15,17-22H2,1-4H3,(H,42,50)(H,43,47)(H,44,49)/b29-5+/t24-,25-,30+,31+,38-/m1/s1. The van der Waals surface area contributed by atoms with Crippen LogP contribution in [0.5, 0.6) is 0 Å². The van der Waals surface area contributed by atoms with E-state index in [2.05, 4.69) is 15.4 Å². The van der Waals surface area contributed by atoms with Gasteiger partial charge in [-0.05, 0) is 65.0 Å². The Morgan fingerprint density at radius 1 is 1.07 bits per heavy atom. The van der Waals surface area contributed by atoms with Crippen molar-refractivity contribution in [1.29, 1.82) is 0 Å². The van der Waals surface area contributed by atoms with Crippen molar-refractivity contribution in [3.63, 3.8) is 0 Å². The fourth-order valence-electron chi connectivity index (χ4n) is 7.42. The molecule has 0 spiro atoms. The maximum Gasteiger partial charge on any atom is 0.410 e. The SMILES string of the molecule is C/C=C(/F)C1=CCN(C(=O)O[C@@H]2C[C@H]3C(=O)N[C@]4(C(=O)NS(=O)(=O)Cc5c(Cl)cccc5Cl)C[C@H]4CCCCCCC[C@H](NC(=O)OC(C)(C)C)C(=O)N3C2)C1. The maximum atomic E-state index is 14.4. The van der Waals surface area contributed by atoms with Gasteiger partial charge < -0.3 is 29.9 Å². The summed E-state index contributed by atoms with van der Waals surface area (Å²) in [5.41, 5.74) is -2.03. The molecule has 3 heterocycles. The van der Waals surface area contributed by atoms with Gasteiger partial charge in [-0.25, -0.2) is 22.4 Å². The van der Waals surface area contributed by atoms with Gasteiger partial charge in [-0.15, -0.1) is 0 Å². The normalized spacial score (nSPS) is 26.5. The quantitative estimate of drug-likeness (QED) is 0.312. The molecule has 2 saturated heterocycles. The molecule has 0 unspecified atom stereocenters. The molecule has 1 aromatic rings. The van der Waals surface area contributed by atoms with Crippen molar-refractivity contribution in [2.45, 2.75) is 121 Å². The molecule has 3 fully saturated rings. The Hall–Kier alpha value is -3.89. The van der Waals surface area contributed by atoms with Crippen LogP contribution in [0.15, 0.2) is 41.8 Å². The predicted octanol–water partition coefficient (Wildman–Crippen LogP) is 5.67. The van der Waals surface area contributed by atoms with Crippen molar-refractivity contribution < 1.29 is 46.3 Å². The highest BCUT2D eigenvalue weighted by Crippen LogP contribution is 2.48. The molecule has 3 aliphatic heterocycles. The molecule has 1 aromatic carbocycles. The van der Waals surface area contributed by atoms with Gasteiger partial charge in [0.2, 0.25) is 21.8 Å². The lowest BCUT2D eigenvalue weighted by Crippen LogP contribution is -2.58. The van der Waals surface area contributed by atoms with Crippen LogP contribution in [0.4, 0.5) is 14.0 Å². The number of alkyl carbamates (subject to hydrolysis) is 1. The Labute approximate surface area is 336 Å². The molecule has 56 heavy (non-hydrogen) atoms. The second kappa shape index (κ2) is 17.7. The number of rotatable bonds is 7. The van der Waals surface area contributed by atoms with Crippen LogP contribution in [0.2, 0.25) is 10.0 Å². The van der Waals surface area contributed by atoms with Crippen molar-refractivity contribution in [3.05, 3.63) is 57.4 Å². The van der Waals surface area contributed by atoms with Gasteiger partial charge in [0.05, 0.1) is 18.8 Å². The minimum absolute atomic E-state index is 0.0270. The van der Waals surface area contributed by atoms with Crippen LogP contribution in [0.1, 0.15) is 91.0 Å². The third kappa shape index (κ3) is 10.7. The molecule has 0 bridgehead atoms. The van der Waals surface area contributed by atoms with Crippen LogP contribution in [0.3, 0.4) is 0 Å². The van der Waals surface area contributed by atoms with Gasteiger partial charge in [0, 0.05) is 34.1 Å². The first kappa shape index (κ1) is 43.2. The molecule has 0 aromatic heterocycles. The third-order valence-electron chi connectivity index (χ3n) is 10.4. The second-order valence-electron chi connectivity index (χ2n) is 15.8. The zero-order valence-electron chi connectivity index (χ0n) is 32.0. The summed E-state index contributed by atoms with van der Waals surface area (Å²) in [6, 6.07) is 2.15. The zero-order chi connectivity index (χ0) is 41.0. The van der Waals surface area contributed by atoms with E-state index in [-0.39, 0.29) is 54.5 Å². The van der Waals surface area contributed by atoms with Crippen LogP contribution in [0.25, 0.3) is 0 Å². The Kier molecular flexibility index (Phi) is 13.7. The van der Waals surface area contributed by atoms with Crippen LogP contribution >= 0.6 is 23.2 Å². The van der Waals surface area contributed by atoms with Crippen molar-refractivity contribution in [2.24, 2.45) is 5.92 Å². The highest BCUT2D eigenvalue weighted by Gasteiger charge is 2.62. The summed E-state index contributed by atoms with van der Waals surface area (Å²) in [5.74, 6) is -3.86. The Balaban J connectivity index is 1.40. The van der Waals surface area contributed by atoms with E-state index in [1.165, 1.54) is 34.9 Å². The first-order valence-corrected chi connectivity index (χ1v) is 21.3. The van der Waals surface area contributed by atoms with Gasteiger partial charge in [-0.3, -0.25) is 19.1 Å². The van der Waals surface area contributed by atoms with Gasteiger partial charge in [-0.2, -0.15) is 0 Å². The minimum Gasteiger partial charge on any atom is -0.444 e. The summed E-state index contributed by atoms with van der Waals surface area (Å²) >= 11 is 12.4. The van der Waals surface area contributed by atoms with E-state index in [1.54, 1.807) is 32.9 Å². The van der Waals surface area contributed by atoms with Crippen molar-refractivity contribution in [2.75, 3.05) is 19.6 Å². The van der Waals surface area contributed by atoms with Gasteiger partial charge in [0.15, 0.2) is 0 Å². The highest BCUT2D eigenvalue weighted by atomic mass is 35.5. The number of carbonyl (C=O) groups is 5. The molecule has 14 nitrogen and oxygen atoms in total. The van der Waals surface area contributed by atoms with Gasteiger partial charge in [0.1, 0.15) is 35.2 Å². The smallest absolute Gasteiger partial charge is 0.410 e. The summed E-state index contributed by atoms with van der Waals surface area (Å²) in [4.78, 5) is 71.3. The van der Waals surface area contributed by atoms with Crippen molar-refractivity contribution >= 4 is 63.1 Å². The topological polar surface area (TPSA) is 181 Å². The number of fused-ring (bicyclic) bond motifs is 2. The number of carbonyl (C=O) groups excluding carboxylic acids is 5. The van der Waals surface area contributed by atoms with E-state index < -0.39 is 86.8 Å². The number of benzene rings is 1. The Morgan fingerprint density at radius 2 is 1.73 bits per heavy atom. The van der Waals surface area contributed by atoms with E-state index in [9.17, 15) is 36.8 Å². The second-order valence-corrected chi connectivity index (χ2v) is 18.3. The number of allylic oxidation sites excluding steroid dienone is 1. The molecular weight excluding hydrogens is 792 g/mol. The molecular formula is C38H50Cl2FN5O9S. The molecule has 0 radical (unpaired) electrons. The summed E-state index contributed by atoms with van der Waals surface area (Å²) in [5, 5.41) is 5.67. The number of halogens is 3. The number of hydrogen-bond acceptors (Lipinski definition) is 9. The maximum absolute atomic E-state index is 14.4. The summed E-state index contributed by atoms with van der Waals surface area (Å²) < 4.78 is 54.2. The molecule has 5 amide bonds. The minimum atomic E-state index is -4.35. The van der Waals surface area contributed by atoms with Crippen molar-refractivity contribution in [1.82, 2.24) is 25.2 Å². The Bertz CT molecular complexity index is 1870. The molecule has 3 N–H and O–H groups in total. The molecule has 5 atom stereocenters. The highest BCUT2D eigenvalue weighted by molar-refractivity contribution is 7.89. The molecule has 4 aliphatic rings. The fraction of sp³-hybridized carbons (Fsp3) is 0.605. The number of amides is 5. The monoisotopic (exact) mass is 841 g/mol. The van der Waals surface area contributed by atoms with Crippen LogP contribution < -0.4 is 15.4 Å². The average Bonchev–Trinajstić information content (AvgIpc) is 3.40. The molecule has 18 heteroatoms. The van der Waals surface area contributed by atoms with Gasteiger partial charge in [-0.1, -0.05) is 73.5 Å². The van der Waals surface area contributed by atoms with E-state index in [4.69, 9.17) is 32.7 Å². The van der Waals surface area contributed by atoms with E-state index in [0.29, 0.717) is 24.8 Å². The molecule has 1 saturated carbocycles. The van der Waals surface area contributed by atoms with Crippen LogP contribution in [0, 0.1) is 5.92 Å². The first-order chi connectivity index (χ1) is 26.3. The third-order valence-corrected chi connectivity index (χ3v) is 12.3. The van der Waals surface area contributed by atoms with E-state index in [0.717, 1.165) is 19.3 Å². The number of nitrogens with one attached hydrogen (secondary N) is 3. The van der Waals surface area contributed by atoms with Crippen LogP contribution in [-0.4, -0.2) is 97.1 Å². The lowest BCUT2D eigenvalue weighted by Gasteiger charge is -2.30. The molecule has 1 aliphatic carbocycles. The lowest BCUT2D eigenvalue weighted by atomic mass is 10.0. The molecule has 5 rings (SSSR count). The van der Waals surface area contributed by atoms with Gasteiger partial charge in [0.25, 0.3) is 5.91 Å². The number of nitrogens with zero attached hydrogens (tertiary/aromatic N) is 2. The number of hydrogen-bond donors (Lipinski definition) is 3. The fourth-order valence-corrected chi connectivity index (χ4v) is 9.34. The van der Waals surface area contributed by atoms with E-state index >= 15 is 0 Å². The van der Waals surface area contributed by atoms with E-state index in [1.807, 2.05) is 0 Å². The summed E-state index contributed by atoms with van der Waals surface area (Å²) in [7, 11) is -4.35. The first-order valence-electron chi connectivity index (χ1n) is 18.9. The Morgan fingerprint density at radius 3 is 2.39 bits per heavy atom. The van der Waals surface area contributed by atoms with Gasteiger partial charge >= 0.3 is 12.2 Å². The zero-order valence-corrected chi connectivity index (χ0v) is 34.3. The van der Waals surface area contributed by atoms with Crippen LogP contribution in [-0.2, 0) is 39.6 Å². The largest absolute Gasteiger partial charge is 0.444 e. The van der Waals surface area contributed by atoms with Crippen molar-refractivity contribution in [3.8, 4) is 0 Å². The molecule has 308 valence electrons. The predicted molar refractivity (Wildman–Crippen MR) is 207 cm³/mol. The number of sulfonamides is 1. The summed E-state index contributed by atoms with van der Waals surface area (Å²) in [6.07, 6.45) is 4.65. The number of ether oxygens (including phenoxy) is 2. The average molecular weight is 843 g/mol. The lowest BCUT2D eigenvalue weighted by molar-refractivity contribution is -0.141.